The first-order valence-electron chi connectivity index (χ1n) is 8.94. The van der Waals surface area contributed by atoms with Crippen LogP contribution in [0.5, 0.6) is 0 Å². The van der Waals surface area contributed by atoms with Crippen molar-refractivity contribution >= 4 is 22.5 Å². The molecule has 2 aromatic carbocycles. The van der Waals surface area contributed by atoms with Crippen molar-refractivity contribution in [1.29, 1.82) is 0 Å². The fraction of sp³-hybridized carbons (Fsp3) is 0.190. The maximum absolute atomic E-state index is 4.62. The van der Waals surface area contributed by atoms with Crippen LogP contribution in [0.3, 0.4) is 0 Å². The maximum atomic E-state index is 4.62. The summed E-state index contributed by atoms with van der Waals surface area (Å²) in [7, 11) is 4.15. The highest BCUT2D eigenvalue weighted by Crippen LogP contribution is 2.22. The Morgan fingerprint density at radius 2 is 1.85 bits per heavy atom. The van der Waals surface area contributed by atoms with Crippen LogP contribution in [0.1, 0.15) is 0 Å². The molecule has 0 spiro atoms. The lowest BCUT2D eigenvalue weighted by Gasteiger charge is -2.11. The van der Waals surface area contributed by atoms with Gasteiger partial charge in [0.15, 0.2) is 5.82 Å². The van der Waals surface area contributed by atoms with E-state index in [4.69, 9.17) is 0 Å². The SMILES string of the molecule is CN(C)CCn1cnc2cc(Nc3ccnc(-c4ccccc4)n3)ccc21. The number of hydrogen-bond acceptors (Lipinski definition) is 5. The van der Waals surface area contributed by atoms with Gasteiger partial charge in [-0.25, -0.2) is 15.0 Å². The number of nitrogens with zero attached hydrogens (tertiary/aromatic N) is 5. The molecule has 4 rings (SSSR count). The fourth-order valence-corrected chi connectivity index (χ4v) is 2.93. The number of benzene rings is 2. The highest BCUT2D eigenvalue weighted by molar-refractivity contribution is 5.80. The fourth-order valence-electron chi connectivity index (χ4n) is 2.93. The quantitative estimate of drug-likeness (QED) is 0.568. The van der Waals surface area contributed by atoms with Crippen molar-refractivity contribution in [3.8, 4) is 11.4 Å². The number of likely N-dealkylation sites (N-methyl/N-ethyl adjacent to an activating group) is 1. The minimum absolute atomic E-state index is 0.703. The van der Waals surface area contributed by atoms with E-state index in [2.05, 4.69) is 56.0 Å². The van der Waals surface area contributed by atoms with Crippen LogP contribution in [0.2, 0.25) is 0 Å². The number of rotatable bonds is 6. The van der Waals surface area contributed by atoms with E-state index >= 15 is 0 Å². The van der Waals surface area contributed by atoms with Crippen LogP contribution in [0, 0.1) is 0 Å². The van der Waals surface area contributed by atoms with Crippen LogP contribution < -0.4 is 5.32 Å². The molecule has 2 aromatic heterocycles. The highest BCUT2D eigenvalue weighted by atomic mass is 15.1. The molecule has 136 valence electrons. The van der Waals surface area contributed by atoms with Gasteiger partial charge in [0.25, 0.3) is 0 Å². The molecule has 6 heteroatoms. The molecule has 0 amide bonds. The zero-order valence-corrected chi connectivity index (χ0v) is 15.5. The van der Waals surface area contributed by atoms with Crippen molar-refractivity contribution in [2.24, 2.45) is 0 Å². The molecule has 6 nitrogen and oxygen atoms in total. The van der Waals surface area contributed by atoms with Gasteiger partial charge in [-0.15, -0.1) is 0 Å². The summed E-state index contributed by atoms with van der Waals surface area (Å²) in [4.78, 5) is 15.7. The summed E-state index contributed by atoms with van der Waals surface area (Å²) in [6, 6.07) is 18.0. The Morgan fingerprint density at radius 1 is 1.00 bits per heavy atom. The number of hydrogen-bond donors (Lipinski definition) is 1. The Bertz CT molecular complexity index is 1040. The Kier molecular flexibility index (Phi) is 4.80. The molecular formula is C21H22N6. The van der Waals surface area contributed by atoms with Crippen LogP contribution in [0.15, 0.2) is 67.1 Å². The first-order valence-corrected chi connectivity index (χ1v) is 8.94. The summed E-state index contributed by atoms with van der Waals surface area (Å²) < 4.78 is 2.18. The van der Waals surface area contributed by atoms with Gasteiger partial charge in [0.05, 0.1) is 17.4 Å². The highest BCUT2D eigenvalue weighted by Gasteiger charge is 2.06. The number of aromatic nitrogens is 4. The third-order valence-corrected chi connectivity index (χ3v) is 4.37. The molecule has 0 aliphatic heterocycles. The van der Waals surface area contributed by atoms with Crippen molar-refractivity contribution < 1.29 is 0 Å². The van der Waals surface area contributed by atoms with E-state index in [-0.39, 0.29) is 0 Å². The molecule has 0 unspecified atom stereocenters. The first kappa shape index (κ1) is 17.2. The number of anilines is 2. The molecule has 0 atom stereocenters. The van der Waals surface area contributed by atoms with Crippen molar-refractivity contribution in [2.45, 2.75) is 6.54 Å². The van der Waals surface area contributed by atoms with Crippen LogP contribution in [-0.4, -0.2) is 45.1 Å². The van der Waals surface area contributed by atoms with Gasteiger partial charge in [0.2, 0.25) is 0 Å². The molecule has 0 aliphatic carbocycles. The molecule has 0 saturated carbocycles. The lowest BCUT2D eigenvalue weighted by molar-refractivity contribution is 0.386. The molecule has 2 heterocycles. The maximum Gasteiger partial charge on any atom is 0.161 e. The molecule has 0 aliphatic rings. The van der Waals surface area contributed by atoms with Crippen LogP contribution in [0.4, 0.5) is 11.5 Å². The second kappa shape index (κ2) is 7.55. The number of nitrogens with one attached hydrogen (secondary N) is 1. The topological polar surface area (TPSA) is 58.9 Å². The van der Waals surface area contributed by atoms with Gasteiger partial charge in [-0.1, -0.05) is 30.3 Å². The minimum Gasteiger partial charge on any atom is -0.340 e. The summed E-state index contributed by atoms with van der Waals surface area (Å²) in [5, 5.41) is 3.36. The second-order valence-corrected chi connectivity index (χ2v) is 6.70. The standard InChI is InChI=1S/C21H22N6/c1-26(2)12-13-27-15-23-18-14-17(8-9-19(18)27)24-20-10-11-22-21(25-20)16-6-4-3-5-7-16/h3-11,14-15H,12-13H2,1-2H3,(H,22,24,25). The van der Waals surface area contributed by atoms with Crippen molar-refractivity contribution in [3.63, 3.8) is 0 Å². The van der Waals surface area contributed by atoms with E-state index in [9.17, 15) is 0 Å². The lowest BCUT2D eigenvalue weighted by Crippen LogP contribution is -2.17. The summed E-state index contributed by atoms with van der Waals surface area (Å²) in [5.41, 5.74) is 4.06. The summed E-state index contributed by atoms with van der Waals surface area (Å²) in [6.45, 7) is 1.90. The average molecular weight is 358 g/mol. The average Bonchev–Trinajstić information content (AvgIpc) is 3.09. The molecule has 0 saturated heterocycles. The second-order valence-electron chi connectivity index (χ2n) is 6.70. The summed E-state index contributed by atoms with van der Waals surface area (Å²) >= 11 is 0. The van der Waals surface area contributed by atoms with Gasteiger partial charge < -0.3 is 14.8 Å². The summed E-state index contributed by atoms with van der Waals surface area (Å²) in [6.07, 6.45) is 3.67. The van der Waals surface area contributed by atoms with E-state index in [0.717, 1.165) is 41.2 Å². The van der Waals surface area contributed by atoms with Crippen LogP contribution >= 0.6 is 0 Å². The van der Waals surface area contributed by atoms with Gasteiger partial charge in [0.1, 0.15) is 5.82 Å². The van der Waals surface area contributed by atoms with Crippen molar-refractivity contribution in [3.05, 3.63) is 67.1 Å². The molecule has 27 heavy (non-hydrogen) atoms. The zero-order chi connectivity index (χ0) is 18.6. The summed E-state index contributed by atoms with van der Waals surface area (Å²) in [5.74, 6) is 1.46. The van der Waals surface area contributed by atoms with Crippen LogP contribution in [0.25, 0.3) is 22.4 Å². The van der Waals surface area contributed by atoms with Crippen molar-refractivity contribution in [1.82, 2.24) is 24.4 Å². The monoisotopic (exact) mass is 358 g/mol. The Balaban J connectivity index is 1.55. The molecular weight excluding hydrogens is 336 g/mol. The third kappa shape index (κ3) is 3.96. The number of fused-ring (bicyclic) bond motifs is 1. The first-order chi connectivity index (χ1) is 13.2. The van der Waals surface area contributed by atoms with E-state index in [0.29, 0.717) is 5.82 Å². The van der Waals surface area contributed by atoms with E-state index in [1.165, 1.54) is 0 Å². The largest absolute Gasteiger partial charge is 0.340 e. The van der Waals surface area contributed by atoms with Crippen LogP contribution in [-0.2, 0) is 6.54 Å². The van der Waals surface area contributed by atoms with E-state index < -0.39 is 0 Å². The Morgan fingerprint density at radius 3 is 2.67 bits per heavy atom. The van der Waals surface area contributed by atoms with Gasteiger partial charge in [-0.2, -0.15) is 0 Å². The molecule has 0 bridgehead atoms. The molecule has 0 fully saturated rings. The van der Waals surface area contributed by atoms with Gasteiger partial charge >= 0.3 is 0 Å². The predicted molar refractivity (Wildman–Crippen MR) is 109 cm³/mol. The molecule has 1 N–H and O–H groups in total. The van der Waals surface area contributed by atoms with Gasteiger partial charge in [-0.3, -0.25) is 0 Å². The number of imidazole rings is 1. The lowest BCUT2D eigenvalue weighted by atomic mass is 10.2. The van der Waals surface area contributed by atoms with E-state index in [1.807, 2.05) is 48.8 Å². The normalized spacial score (nSPS) is 11.2. The Hall–Kier alpha value is -3.25. The predicted octanol–water partition coefficient (Wildman–Crippen LogP) is 3.80. The minimum atomic E-state index is 0.703. The molecule has 4 aromatic rings. The van der Waals surface area contributed by atoms with E-state index in [1.54, 1.807) is 6.20 Å². The van der Waals surface area contributed by atoms with Gasteiger partial charge in [-0.05, 0) is 38.4 Å². The van der Waals surface area contributed by atoms with Gasteiger partial charge in [0, 0.05) is 30.5 Å². The zero-order valence-electron chi connectivity index (χ0n) is 15.5. The molecule has 0 radical (unpaired) electrons. The Labute approximate surface area is 158 Å². The smallest absolute Gasteiger partial charge is 0.161 e. The third-order valence-electron chi connectivity index (χ3n) is 4.37. The van der Waals surface area contributed by atoms with Crippen molar-refractivity contribution in [2.75, 3.05) is 26.0 Å².